The zero-order chi connectivity index (χ0) is 7.42. The van der Waals surface area contributed by atoms with Crippen LogP contribution in [0.2, 0.25) is 0 Å². The molecule has 2 aliphatic carbocycles. The lowest BCUT2D eigenvalue weighted by atomic mass is 10.00. The fourth-order valence-corrected chi connectivity index (χ4v) is 6.02. The average molecular weight is 186 g/mol. The van der Waals surface area contributed by atoms with E-state index < -0.39 is 0 Å². The molecule has 60 valence electrons. The van der Waals surface area contributed by atoms with Crippen LogP contribution in [0.4, 0.5) is 4.79 Å². The van der Waals surface area contributed by atoms with Crippen LogP contribution in [0.25, 0.3) is 0 Å². The Balaban J connectivity index is 1.92. The molecule has 0 aromatic heterocycles. The third-order valence-electron chi connectivity index (χ3n) is 3.23. The zero-order valence-corrected chi connectivity index (χ0v) is 7.79. The summed E-state index contributed by atoms with van der Waals surface area (Å²) in [7, 11) is 0. The summed E-state index contributed by atoms with van der Waals surface area (Å²) >= 11 is 3.25. The fraction of sp³-hybridized carbons (Fsp3) is 0.875. The van der Waals surface area contributed by atoms with Gasteiger partial charge in [-0.25, -0.2) is 0 Å². The average Bonchev–Trinajstić information content (AvgIpc) is 2.53. The van der Waals surface area contributed by atoms with Gasteiger partial charge in [0.1, 0.15) is 0 Å². The molecule has 1 nitrogen and oxygen atoms in total. The number of carbonyl (C=O) groups is 1. The first-order valence-electron chi connectivity index (χ1n) is 4.22. The van der Waals surface area contributed by atoms with Gasteiger partial charge in [0, 0.05) is 10.5 Å². The van der Waals surface area contributed by atoms with Crippen molar-refractivity contribution in [2.24, 2.45) is 11.8 Å². The summed E-state index contributed by atoms with van der Waals surface area (Å²) in [5.41, 5.74) is 0. The molecule has 1 unspecified atom stereocenters. The molecule has 3 rings (SSSR count). The van der Waals surface area contributed by atoms with Crippen LogP contribution in [-0.2, 0) is 0 Å². The van der Waals surface area contributed by atoms with Crippen molar-refractivity contribution < 1.29 is 4.79 Å². The van der Waals surface area contributed by atoms with Crippen molar-refractivity contribution in [3.8, 4) is 0 Å². The Morgan fingerprint density at radius 2 is 1.64 bits per heavy atom. The molecule has 0 aromatic carbocycles. The highest BCUT2D eigenvalue weighted by Crippen LogP contribution is 2.59. The second-order valence-electron chi connectivity index (χ2n) is 3.75. The minimum atomic E-state index is 0.386. The van der Waals surface area contributed by atoms with E-state index >= 15 is 0 Å². The first kappa shape index (κ1) is 6.84. The molecule has 0 N–H and O–H groups in total. The van der Waals surface area contributed by atoms with Crippen molar-refractivity contribution in [1.82, 2.24) is 0 Å². The van der Waals surface area contributed by atoms with Crippen LogP contribution >= 0.6 is 23.5 Å². The fourth-order valence-electron chi connectivity index (χ4n) is 2.76. The van der Waals surface area contributed by atoms with E-state index in [0.717, 1.165) is 11.8 Å². The molecule has 1 heterocycles. The summed E-state index contributed by atoms with van der Waals surface area (Å²) in [4.78, 5) is 11.1. The van der Waals surface area contributed by atoms with Gasteiger partial charge in [0.05, 0.1) is 0 Å². The molecule has 0 aromatic rings. The standard InChI is InChI=1S/C8H10OS2/c9-8-10-6-4-1-2-5(3-4)7(6)11-8/h4-7H,1-3H2/t4-,5+,6+,7?/m1/s1. The van der Waals surface area contributed by atoms with E-state index in [1.807, 2.05) is 0 Å². The van der Waals surface area contributed by atoms with E-state index in [9.17, 15) is 4.79 Å². The van der Waals surface area contributed by atoms with Gasteiger partial charge in [-0.1, -0.05) is 23.5 Å². The molecule has 11 heavy (non-hydrogen) atoms. The molecule has 4 atom stereocenters. The first-order valence-corrected chi connectivity index (χ1v) is 5.98. The highest BCUT2D eigenvalue weighted by Gasteiger charge is 2.53. The van der Waals surface area contributed by atoms with Gasteiger partial charge < -0.3 is 0 Å². The van der Waals surface area contributed by atoms with E-state index in [1.165, 1.54) is 19.3 Å². The largest absolute Gasteiger partial charge is 0.274 e. The Morgan fingerprint density at radius 3 is 2.18 bits per heavy atom. The van der Waals surface area contributed by atoms with E-state index in [0.29, 0.717) is 14.9 Å². The maximum Gasteiger partial charge on any atom is 0.246 e. The van der Waals surface area contributed by atoms with Gasteiger partial charge in [-0.15, -0.1) is 0 Å². The third-order valence-corrected chi connectivity index (χ3v) is 6.27. The molecule has 0 spiro atoms. The zero-order valence-electron chi connectivity index (χ0n) is 6.16. The Kier molecular flexibility index (Phi) is 1.36. The van der Waals surface area contributed by atoms with Crippen LogP contribution in [0.1, 0.15) is 19.3 Å². The topological polar surface area (TPSA) is 17.1 Å². The van der Waals surface area contributed by atoms with Gasteiger partial charge in [-0.3, -0.25) is 4.79 Å². The molecule has 2 saturated carbocycles. The molecule has 0 radical (unpaired) electrons. The summed E-state index contributed by atoms with van der Waals surface area (Å²) in [6.45, 7) is 0. The van der Waals surface area contributed by atoms with Crippen LogP contribution in [0, 0.1) is 11.8 Å². The highest BCUT2D eigenvalue weighted by atomic mass is 32.2. The molecule has 1 aliphatic heterocycles. The van der Waals surface area contributed by atoms with Crippen LogP contribution < -0.4 is 0 Å². The maximum atomic E-state index is 11.1. The van der Waals surface area contributed by atoms with Crippen molar-refractivity contribution in [1.29, 1.82) is 0 Å². The minimum Gasteiger partial charge on any atom is -0.274 e. The summed E-state index contributed by atoms with van der Waals surface area (Å²) < 4.78 is 0.386. The number of fused-ring (bicyclic) bond motifs is 5. The lowest BCUT2D eigenvalue weighted by Gasteiger charge is -2.20. The molecule has 3 aliphatic rings. The van der Waals surface area contributed by atoms with Crippen LogP contribution in [0.3, 0.4) is 0 Å². The Hall–Kier alpha value is 0.370. The number of hydrogen-bond donors (Lipinski definition) is 0. The molecular weight excluding hydrogens is 176 g/mol. The van der Waals surface area contributed by atoms with Gasteiger partial charge in [-0.2, -0.15) is 0 Å². The molecule has 0 amide bonds. The Labute approximate surface area is 74.7 Å². The summed E-state index contributed by atoms with van der Waals surface area (Å²) in [5.74, 6) is 1.79. The van der Waals surface area contributed by atoms with E-state index in [4.69, 9.17) is 0 Å². The van der Waals surface area contributed by atoms with Crippen LogP contribution in [0.15, 0.2) is 0 Å². The lowest BCUT2D eigenvalue weighted by Crippen LogP contribution is -2.22. The normalized spacial score (nSPS) is 53.6. The Bertz CT molecular complexity index is 196. The highest BCUT2D eigenvalue weighted by molar-refractivity contribution is 8.41. The van der Waals surface area contributed by atoms with Crippen molar-refractivity contribution >= 4 is 28.0 Å². The van der Waals surface area contributed by atoms with E-state index in [1.54, 1.807) is 23.5 Å². The minimum absolute atomic E-state index is 0.386. The SMILES string of the molecule is O=C1SC2[C@H]3CC[C@H](C3)[C@@H]2S1. The first-order chi connectivity index (χ1) is 5.34. The second-order valence-corrected chi connectivity index (χ2v) is 6.31. The van der Waals surface area contributed by atoms with Gasteiger partial charge in [-0.05, 0) is 31.1 Å². The summed E-state index contributed by atoms with van der Waals surface area (Å²) in [6, 6.07) is 0. The smallest absolute Gasteiger partial charge is 0.246 e. The number of thioether (sulfide) groups is 2. The molecule has 3 fully saturated rings. The second kappa shape index (κ2) is 2.19. The number of hydrogen-bond acceptors (Lipinski definition) is 3. The Morgan fingerprint density at radius 1 is 1.09 bits per heavy atom. The van der Waals surface area contributed by atoms with E-state index in [2.05, 4.69) is 0 Å². The van der Waals surface area contributed by atoms with Gasteiger partial charge in [0.15, 0.2) is 0 Å². The predicted molar refractivity (Wildman–Crippen MR) is 49.0 cm³/mol. The van der Waals surface area contributed by atoms with Crippen LogP contribution in [0.5, 0.6) is 0 Å². The van der Waals surface area contributed by atoms with Gasteiger partial charge >= 0.3 is 0 Å². The monoisotopic (exact) mass is 186 g/mol. The van der Waals surface area contributed by atoms with Crippen molar-refractivity contribution in [3.63, 3.8) is 0 Å². The van der Waals surface area contributed by atoms with Crippen molar-refractivity contribution in [2.75, 3.05) is 0 Å². The lowest BCUT2D eigenvalue weighted by molar-refractivity contribution is 0.276. The number of carbonyl (C=O) groups excluding carboxylic acids is 1. The van der Waals surface area contributed by atoms with Gasteiger partial charge in [0.25, 0.3) is 0 Å². The number of rotatable bonds is 0. The van der Waals surface area contributed by atoms with Crippen molar-refractivity contribution in [2.45, 2.75) is 29.8 Å². The summed E-state index contributed by atoms with van der Waals surface area (Å²) in [6.07, 6.45) is 4.21. The molecule has 1 saturated heterocycles. The van der Waals surface area contributed by atoms with Crippen molar-refractivity contribution in [3.05, 3.63) is 0 Å². The van der Waals surface area contributed by atoms with Gasteiger partial charge in [0.2, 0.25) is 4.45 Å². The molecule has 2 bridgehead atoms. The predicted octanol–water partition coefficient (Wildman–Crippen LogP) is 2.75. The summed E-state index contributed by atoms with van der Waals surface area (Å²) in [5, 5.41) is 1.43. The molecular formula is C8H10OS2. The third kappa shape index (κ3) is 0.842. The quantitative estimate of drug-likeness (QED) is 0.579. The van der Waals surface area contributed by atoms with Crippen LogP contribution in [-0.4, -0.2) is 14.9 Å². The maximum absolute atomic E-state index is 11.1. The van der Waals surface area contributed by atoms with E-state index in [-0.39, 0.29) is 0 Å². The molecule has 3 heteroatoms.